The highest BCUT2D eigenvalue weighted by Gasteiger charge is 2.46. The Balaban J connectivity index is 1.21. The molecule has 0 aliphatic heterocycles. The van der Waals surface area contributed by atoms with Gasteiger partial charge in [-0.05, 0) is 80.9 Å². The van der Waals surface area contributed by atoms with E-state index in [0.29, 0.717) is 0 Å². The molecule has 52 heavy (non-hydrogen) atoms. The molecule has 0 unspecified atom stereocenters. The fraction of sp³-hybridized carbons (Fsp3) is 0.0200. The molecule has 0 amide bonds. The van der Waals surface area contributed by atoms with E-state index < -0.39 is 5.41 Å². The number of pyridine rings is 1. The van der Waals surface area contributed by atoms with Gasteiger partial charge >= 0.3 is 0 Å². The Morgan fingerprint density at radius 2 is 1.02 bits per heavy atom. The van der Waals surface area contributed by atoms with Gasteiger partial charge in [0.25, 0.3) is 0 Å². The molecule has 0 spiro atoms. The summed E-state index contributed by atoms with van der Waals surface area (Å²) < 4.78 is 6.44. The van der Waals surface area contributed by atoms with Crippen LogP contribution in [-0.4, -0.2) is 4.98 Å². The Morgan fingerprint density at radius 1 is 0.385 bits per heavy atom. The zero-order valence-corrected chi connectivity index (χ0v) is 28.3. The molecule has 0 saturated carbocycles. The van der Waals surface area contributed by atoms with Gasteiger partial charge in [-0.2, -0.15) is 0 Å². The summed E-state index contributed by atoms with van der Waals surface area (Å²) in [6.07, 6.45) is 0. The third-order valence-electron chi connectivity index (χ3n) is 11.1. The predicted molar refractivity (Wildman–Crippen MR) is 215 cm³/mol. The van der Waals surface area contributed by atoms with Gasteiger partial charge in [0.15, 0.2) is 0 Å². The lowest BCUT2D eigenvalue weighted by Crippen LogP contribution is -2.28. The van der Waals surface area contributed by atoms with Crippen LogP contribution in [0.3, 0.4) is 0 Å². The minimum absolute atomic E-state index is 0.456. The molecule has 1 aliphatic carbocycles. The van der Waals surface area contributed by atoms with Gasteiger partial charge in [0.2, 0.25) is 0 Å². The molecule has 2 heteroatoms. The lowest BCUT2D eigenvalue weighted by atomic mass is 9.67. The molecule has 0 atom stereocenters. The van der Waals surface area contributed by atoms with Gasteiger partial charge in [0, 0.05) is 32.5 Å². The number of fused-ring (bicyclic) bond motifs is 10. The van der Waals surface area contributed by atoms with E-state index >= 15 is 0 Å². The van der Waals surface area contributed by atoms with Crippen molar-refractivity contribution in [2.24, 2.45) is 0 Å². The summed E-state index contributed by atoms with van der Waals surface area (Å²) >= 11 is 0. The number of aromatic nitrogens is 1. The summed E-state index contributed by atoms with van der Waals surface area (Å²) in [4.78, 5) is 5.34. The van der Waals surface area contributed by atoms with Crippen molar-refractivity contribution in [2.45, 2.75) is 5.41 Å². The van der Waals surface area contributed by atoms with Crippen LogP contribution >= 0.6 is 0 Å². The summed E-state index contributed by atoms with van der Waals surface area (Å²) in [5.41, 5.74) is 14.4. The average molecular weight is 662 g/mol. The number of hydrogen-bond acceptors (Lipinski definition) is 2. The molecule has 242 valence electrons. The van der Waals surface area contributed by atoms with Gasteiger partial charge in [-0.3, -0.25) is 0 Å². The van der Waals surface area contributed by atoms with Crippen LogP contribution in [-0.2, 0) is 5.41 Å². The first-order valence-corrected chi connectivity index (χ1v) is 17.9. The maximum absolute atomic E-state index is 6.44. The highest BCUT2D eigenvalue weighted by atomic mass is 16.3. The van der Waals surface area contributed by atoms with Crippen LogP contribution in [0.2, 0.25) is 0 Å². The lowest BCUT2D eigenvalue weighted by molar-refractivity contribution is 0.669. The van der Waals surface area contributed by atoms with Crippen LogP contribution in [0, 0.1) is 0 Å². The number of furan rings is 1. The number of rotatable bonds is 4. The van der Waals surface area contributed by atoms with Crippen molar-refractivity contribution < 1.29 is 4.42 Å². The van der Waals surface area contributed by atoms with Gasteiger partial charge in [-0.1, -0.05) is 152 Å². The van der Waals surface area contributed by atoms with Crippen molar-refractivity contribution in [1.29, 1.82) is 0 Å². The van der Waals surface area contributed by atoms with Gasteiger partial charge < -0.3 is 4.42 Å². The predicted octanol–water partition coefficient (Wildman–Crippen LogP) is 13.0. The molecule has 1 aliphatic rings. The molecule has 2 nitrogen and oxygen atoms in total. The van der Waals surface area contributed by atoms with Crippen LogP contribution in [0.1, 0.15) is 22.3 Å². The summed E-state index contributed by atoms with van der Waals surface area (Å²) in [5.74, 6) is 0. The molecule has 0 saturated heterocycles. The Labute approximate surface area is 301 Å². The second kappa shape index (κ2) is 11.1. The summed E-state index contributed by atoms with van der Waals surface area (Å²) in [7, 11) is 0. The molecule has 2 aromatic heterocycles. The Bertz CT molecular complexity index is 2960. The van der Waals surface area contributed by atoms with E-state index in [0.717, 1.165) is 55.0 Å². The number of hydrogen-bond donors (Lipinski definition) is 0. The van der Waals surface area contributed by atoms with Crippen molar-refractivity contribution in [3.05, 3.63) is 210 Å². The molecule has 8 aromatic carbocycles. The van der Waals surface area contributed by atoms with E-state index in [2.05, 4.69) is 182 Å². The molecular formula is C50H31NO. The van der Waals surface area contributed by atoms with Gasteiger partial charge in [0.1, 0.15) is 11.2 Å². The van der Waals surface area contributed by atoms with E-state index in [1.165, 1.54) is 44.3 Å². The van der Waals surface area contributed by atoms with Crippen molar-refractivity contribution in [3.8, 4) is 33.5 Å². The normalized spacial score (nSPS) is 13.2. The minimum Gasteiger partial charge on any atom is -0.456 e. The van der Waals surface area contributed by atoms with Gasteiger partial charge in [-0.15, -0.1) is 0 Å². The minimum atomic E-state index is -0.456. The van der Waals surface area contributed by atoms with E-state index in [1.807, 2.05) is 6.07 Å². The topological polar surface area (TPSA) is 26.0 Å². The molecule has 0 N–H and O–H groups in total. The van der Waals surface area contributed by atoms with Crippen molar-refractivity contribution in [3.63, 3.8) is 0 Å². The molecular weight excluding hydrogens is 631 g/mol. The quantitative estimate of drug-likeness (QED) is 0.175. The summed E-state index contributed by atoms with van der Waals surface area (Å²) in [6, 6.07) is 67.9. The smallest absolute Gasteiger partial charge is 0.136 e. The summed E-state index contributed by atoms with van der Waals surface area (Å²) in [6.45, 7) is 0. The highest BCUT2D eigenvalue weighted by Crippen LogP contribution is 2.56. The van der Waals surface area contributed by atoms with Crippen molar-refractivity contribution in [2.75, 3.05) is 0 Å². The Kier molecular flexibility index (Phi) is 6.20. The Morgan fingerprint density at radius 3 is 1.81 bits per heavy atom. The second-order valence-corrected chi connectivity index (χ2v) is 13.8. The van der Waals surface area contributed by atoms with Crippen molar-refractivity contribution in [1.82, 2.24) is 4.98 Å². The fourth-order valence-electron chi connectivity index (χ4n) is 8.93. The van der Waals surface area contributed by atoms with Gasteiger partial charge in [0.05, 0.1) is 16.6 Å². The zero-order valence-electron chi connectivity index (χ0n) is 28.3. The monoisotopic (exact) mass is 661 g/mol. The number of benzene rings is 8. The lowest BCUT2D eigenvalue weighted by Gasteiger charge is -2.34. The maximum atomic E-state index is 6.44. The van der Waals surface area contributed by atoms with Gasteiger partial charge in [-0.25, -0.2) is 4.98 Å². The van der Waals surface area contributed by atoms with E-state index in [9.17, 15) is 0 Å². The standard InChI is InChI=1S/C50H31NO/c1-4-14-32(15-5-1)49-40-27-29-46-48(39-21-11-13-23-45(39)52-46)47(40)41-30-33(25-28-44(41)51-49)34-24-26-38-37-20-10-12-22-42(37)50(43(38)31-34,35-16-6-2-7-17-35)36-18-8-3-9-19-36/h1-31H. The molecule has 2 heterocycles. The van der Waals surface area contributed by atoms with E-state index in [4.69, 9.17) is 9.40 Å². The maximum Gasteiger partial charge on any atom is 0.136 e. The van der Waals surface area contributed by atoms with Crippen LogP contribution < -0.4 is 0 Å². The number of para-hydroxylation sites is 1. The highest BCUT2D eigenvalue weighted by molar-refractivity contribution is 6.28. The average Bonchev–Trinajstić information content (AvgIpc) is 3.75. The van der Waals surface area contributed by atoms with E-state index in [1.54, 1.807) is 0 Å². The zero-order chi connectivity index (χ0) is 34.2. The van der Waals surface area contributed by atoms with Crippen LogP contribution in [0.15, 0.2) is 192 Å². The Hall–Kier alpha value is -6.77. The number of nitrogens with zero attached hydrogens (tertiary/aromatic N) is 1. The molecule has 11 rings (SSSR count). The van der Waals surface area contributed by atoms with Crippen LogP contribution in [0.5, 0.6) is 0 Å². The first kappa shape index (κ1) is 29.0. The molecule has 0 radical (unpaired) electrons. The van der Waals surface area contributed by atoms with Crippen LogP contribution in [0.25, 0.3) is 77.1 Å². The molecule has 0 bridgehead atoms. The summed E-state index contributed by atoms with van der Waals surface area (Å²) in [5, 5.41) is 5.65. The van der Waals surface area contributed by atoms with E-state index in [-0.39, 0.29) is 0 Å². The third-order valence-corrected chi connectivity index (χ3v) is 11.1. The molecule has 0 fully saturated rings. The first-order valence-electron chi connectivity index (χ1n) is 17.9. The first-order chi connectivity index (χ1) is 25.8. The SMILES string of the molecule is c1ccc(-c2nc3ccc(-c4ccc5c(c4)C(c4ccccc4)(c4ccccc4)c4ccccc4-5)cc3c3c2ccc2oc4ccccc4c23)cc1. The fourth-order valence-corrected chi connectivity index (χ4v) is 8.93. The second-order valence-electron chi connectivity index (χ2n) is 13.8. The third kappa shape index (κ3) is 4.03. The van der Waals surface area contributed by atoms with Crippen molar-refractivity contribution >= 4 is 43.6 Å². The largest absolute Gasteiger partial charge is 0.456 e. The van der Waals surface area contributed by atoms with Crippen LogP contribution in [0.4, 0.5) is 0 Å². The molecule has 10 aromatic rings.